The van der Waals surface area contributed by atoms with Gasteiger partial charge in [-0.25, -0.2) is 4.98 Å². The molecule has 0 spiro atoms. The van der Waals surface area contributed by atoms with Crippen molar-refractivity contribution in [2.24, 2.45) is 0 Å². The lowest BCUT2D eigenvalue weighted by atomic mass is 10.2. The molecule has 1 aliphatic rings. The minimum absolute atomic E-state index is 0.185. The van der Waals surface area contributed by atoms with E-state index >= 15 is 0 Å². The Hall–Kier alpha value is -3.08. The lowest BCUT2D eigenvalue weighted by Gasteiger charge is -2.20. The van der Waals surface area contributed by atoms with Crippen molar-refractivity contribution in [1.82, 2.24) is 24.2 Å². The van der Waals surface area contributed by atoms with E-state index in [-0.39, 0.29) is 11.3 Å². The van der Waals surface area contributed by atoms with Crippen molar-refractivity contribution in [3.63, 3.8) is 0 Å². The average Bonchev–Trinajstić information content (AvgIpc) is 3.08. The number of para-hydroxylation sites is 1. The van der Waals surface area contributed by atoms with Crippen LogP contribution < -0.4 is 15.6 Å². The van der Waals surface area contributed by atoms with Crippen LogP contribution in [0.25, 0.3) is 26.1 Å². The quantitative estimate of drug-likeness (QED) is 0.471. The fourth-order valence-electron chi connectivity index (χ4n) is 4.32. The van der Waals surface area contributed by atoms with Crippen LogP contribution in [-0.2, 0) is 4.79 Å². The number of amides is 1. The number of benzene rings is 1. The number of anilines is 2. The molecule has 4 aromatic rings. The van der Waals surface area contributed by atoms with Crippen LogP contribution in [0.2, 0.25) is 0 Å². The molecule has 4 heterocycles. The van der Waals surface area contributed by atoms with Gasteiger partial charge in [-0.05, 0) is 46.2 Å². The first kappa shape index (κ1) is 22.7. The first-order valence-electron chi connectivity index (χ1n) is 11.5. The fourth-order valence-corrected chi connectivity index (χ4v) is 5.46. The van der Waals surface area contributed by atoms with E-state index in [9.17, 15) is 9.59 Å². The van der Waals surface area contributed by atoms with E-state index in [1.807, 2.05) is 47.7 Å². The van der Waals surface area contributed by atoms with Crippen molar-refractivity contribution < 1.29 is 4.79 Å². The second-order valence-corrected chi connectivity index (χ2v) is 10.1. The van der Waals surface area contributed by atoms with E-state index in [0.29, 0.717) is 40.5 Å². The van der Waals surface area contributed by atoms with Gasteiger partial charge in [0.25, 0.3) is 0 Å². The molecule has 0 aliphatic carbocycles. The Bertz CT molecular complexity index is 1430. The predicted molar refractivity (Wildman–Crippen MR) is 138 cm³/mol. The minimum atomic E-state index is -0.248. The number of thiazole rings is 1. The van der Waals surface area contributed by atoms with Crippen LogP contribution >= 0.6 is 11.3 Å². The molecule has 0 bridgehead atoms. The van der Waals surface area contributed by atoms with Crippen LogP contribution in [0.4, 0.5) is 11.6 Å². The fraction of sp³-hybridized carbons (Fsp3) is 0.417. The first-order valence-corrected chi connectivity index (χ1v) is 12.3. The molecule has 1 amide bonds. The number of fused-ring (bicyclic) bond motifs is 5. The topological polar surface area (TPSA) is 86.1 Å². The largest absolute Gasteiger partial charge is 0.339 e. The summed E-state index contributed by atoms with van der Waals surface area (Å²) in [6, 6.07) is 7.99. The van der Waals surface area contributed by atoms with Crippen LogP contribution in [0.3, 0.4) is 0 Å². The van der Waals surface area contributed by atoms with E-state index in [2.05, 4.69) is 27.1 Å². The van der Waals surface area contributed by atoms with Gasteiger partial charge in [-0.2, -0.15) is 4.98 Å². The normalized spacial score (nSPS) is 15.5. The van der Waals surface area contributed by atoms with Crippen molar-refractivity contribution in [3.8, 4) is 0 Å². The third-order valence-electron chi connectivity index (χ3n) is 6.22. The number of carbonyl (C=O) groups excluding carboxylic acids is 1. The highest BCUT2D eigenvalue weighted by Crippen LogP contribution is 2.33. The number of pyridine rings is 1. The van der Waals surface area contributed by atoms with E-state index in [0.717, 1.165) is 42.8 Å². The summed E-state index contributed by atoms with van der Waals surface area (Å²) in [5.41, 5.74) is 1.58. The summed E-state index contributed by atoms with van der Waals surface area (Å²) in [4.78, 5) is 42.8. The Morgan fingerprint density at radius 1 is 1.18 bits per heavy atom. The van der Waals surface area contributed by atoms with Gasteiger partial charge in [0.05, 0.1) is 15.6 Å². The lowest BCUT2D eigenvalue weighted by molar-refractivity contribution is -0.116. The lowest BCUT2D eigenvalue weighted by Crippen LogP contribution is -2.30. The van der Waals surface area contributed by atoms with Crippen LogP contribution in [0.15, 0.2) is 35.3 Å². The standard InChI is InChI=1S/C24H29N7O2S/c1-28(2)12-9-19(32)26-20-21(33)16-15-25-24(30-11-6-10-29(3)13-14-30)27-22(16)31-17-7-4-5-8-18(17)34-23(20)31/h4-5,7-8,15H,6,9-14H2,1-3H3,(H,26,32). The Morgan fingerprint density at radius 2 is 2.00 bits per heavy atom. The number of hydrogen-bond donors (Lipinski definition) is 1. The zero-order valence-corrected chi connectivity index (χ0v) is 20.6. The van der Waals surface area contributed by atoms with Crippen LogP contribution in [-0.4, -0.2) is 83.9 Å². The molecule has 0 atom stereocenters. The molecular formula is C24H29N7O2S. The van der Waals surface area contributed by atoms with Gasteiger partial charge in [-0.1, -0.05) is 12.1 Å². The Kier molecular flexibility index (Phi) is 6.20. The molecule has 9 nitrogen and oxygen atoms in total. The monoisotopic (exact) mass is 479 g/mol. The van der Waals surface area contributed by atoms with Gasteiger partial charge in [0.1, 0.15) is 10.5 Å². The highest BCUT2D eigenvalue weighted by atomic mass is 32.1. The number of nitrogens with zero attached hydrogens (tertiary/aromatic N) is 6. The van der Waals surface area contributed by atoms with Gasteiger partial charge >= 0.3 is 0 Å². The summed E-state index contributed by atoms with van der Waals surface area (Å²) < 4.78 is 3.02. The molecule has 1 saturated heterocycles. The molecule has 5 rings (SSSR count). The van der Waals surface area contributed by atoms with Crippen molar-refractivity contribution >= 4 is 55.0 Å². The molecule has 3 aromatic heterocycles. The number of likely N-dealkylation sites (N-methyl/N-ethyl adjacent to an activating group) is 1. The van der Waals surface area contributed by atoms with Crippen molar-refractivity contribution in [2.75, 3.05) is 64.1 Å². The van der Waals surface area contributed by atoms with Crippen molar-refractivity contribution in [1.29, 1.82) is 0 Å². The van der Waals surface area contributed by atoms with E-state index in [4.69, 9.17) is 4.98 Å². The van der Waals surface area contributed by atoms with Gasteiger partial charge in [0.15, 0.2) is 5.65 Å². The number of rotatable bonds is 5. The number of carbonyl (C=O) groups is 1. The van der Waals surface area contributed by atoms with Gasteiger partial charge < -0.3 is 20.0 Å². The Balaban J connectivity index is 1.68. The number of nitrogens with one attached hydrogen (secondary N) is 1. The van der Waals surface area contributed by atoms with Crippen LogP contribution in [0.1, 0.15) is 12.8 Å². The third kappa shape index (κ3) is 4.24. The summed E-state index contributed by atoms with van der Waals surface area (Å²) in [6.45, 7) is 4.30. The molecule has 0 radical (unpaired) electrons. The van der Waals surface area contributed by atoms with Crippen LogP contribution in [0.5, 0.6) is 0 Å². The molecule has 1 aromatic carbocycles. The van der Waals surface area contributed by atoms with Crippen LogP contribution in [0, 0.1) is 0 Å². The van der Waals surface area contributed by atoms with Crippen molar-refractivity contribution in [2.45, 2.75) is 12.8 Å². The summed E-state index contributed by atoms with van der Waals surface area (Å²) in [7, 11) is 5.96. The second kappa shape index (κ2) is 9.28. The number of aromatic nitrogens is 3. The zero-order chi connectivity index (χ0) is 23.8. The molecule has 10 heteroatoms. The maximum atomic E-state index is 13.5. The Labute approximate surface area is 201 Å². The maximum absolute atomic E-state index is 13.5. The first-order chi connectivity index (χ1) is 16.4. The third-order valence-corrected chi connectivity index (χ3v) is 7.37. The highest BCUT2D eigenvalue weighted by Gasteiger charge is 2.22. The van der Waals surface area contributed by atoms with Gasteiger partial charge in [-0.3, -0.25) is 14.0 Å². The van der Waals surface area contributed by atoms with E-state index in [1.165, 1.54) is 11.3 Å². The summed E-state index contributed by atoms with van der Waals surface area (Å²) >= 11 is 1.49. The smallest absolute Gasteiger partial charge is 0.227 e. The summed E-state index contributed by atoms with van der Waals surface area (Å²) in [5.74, 6) is 0.449. The Morgan fingerprint density at radius 3 is 2.82 bits per heavy atom. The summed E-state index contributed by atoms with van der Waals surface area (Å²) in [5, 5.41) is 3.30. The van der Waals surface area contributed by atoms with Gasteiger partial charge in [0.2, 0.25) is 17.3 Å². The molecular weight excluding hydrogens is 450 g/mol. The van der Waals surface area contributed by atoms with E-state index in [1.54, 1.807) is 6.20 Å². The minimum Gasteiger partial charge on any atom is -0.339 e. The molecule has 0 unspecified atom stereocenters. The summed E-state index contributed by atoms with van der Waals surface area (Å²) in [6.07, 6.45) is 2.95. The van der Waals surface area contributed by atoms with E-state index < -0.39 is 0 Å². The van der Waals surface area contributed by atoms with Gasteiger partial charge in [0, 0.05) is 38.8 Å². The number of hydrogen-bond acceptors (Lipinski definition) is 8. The molecule has 1 fully saturated rings. The second-order valence-electron chi connectivity index (χ2n) is 9.07. The molecule has 1 N–H and O–H groups in total. The predicted octanol–water partition coefficient (Wildman–Crippen LogP) is 2.49. The average molecular weight is 480 g/mol. The molecule has 178 valence electrons. The SMILES string of the molecule is CN(C)CCC(=O)Nc1c(=O)c2cnc(N3CCCN(C)CC3)nc2n2c1sc1ccccc12. The van der Waals surface area contributed by atoms with Crippen molar-refractivity contribution in [3.05, 3.63) is 40.7 Å². The highest BCUT2D eigenvalue weighted by molar-refractivity contribution is 7.24. The molecule has 1 aliphatic heterocycles. The zero-order valence-electron chi connectivity index (χ0n) is 19.7. The molecule has 0 saturated carbocycles. The maximum Gasteiger partial charge on any atom is 0.227 e. The van der Waals surface area contributed by atoms with Gasteiger partial charge in [-0.15, -0.1) is 11.3 Å². The molecule has 34 heavy (non-hydrogen) atoms.